The SMILES string of the molecule is COC(=O)c1conc1C(=O)NCC1CCOC1.c1cc2cc(c1)COC2. The fourth-order valence-electron chi connectivity index (χ4n) is 2.82. The molecule has 8 nitrogen and oxygen atoms in total. The minimum atomic E-state index is -0.648. The molecule has 1 aromatic carbocycles. The summed E-state index contributed by atoms with van der Waals surface area (Å²) in [4.78, 5) is 23.2. The third-order valence-corrected chi connectivity index (χ3v) is 4.29. The number of hydrogen-bond acceptors (Lipinski definition) is 7. The van der Waals surface area contributed by atoms with Gasteiger partial charge < -0.3 is 24.1 Å². The topological polar surface area (TPSA) is 99.9 Å². The average molecular weight is 374 g/mol. The van der Waals surface area contributed by atoms with Crippen molar-refractivity contribution in [3.05, 3.63) is 52.9 Å². The predicted molar refractivity (Wildman–Crippen MR) is 94.0 cm³/mol. The first-order chi connectivity index (χ1) is 13.2. The Kier molecular flexibility index (Phi) is 6.56. The Morgan fingerprint density at radius 2 is 2.04 bits per heavy atom. The second kappa shape index (κ2) is 9.29. The number of amides is 1. The number of ether oxygens (including phenoxy) is 3. The molecule has 144 valence electrons. The number of methoxy groups -OCH3 is 1. The average Bonchev–Trinajstić information content (AvgIpc) is 3.38. The molecule has 2 aliphatic rings. The fourth-order valence-corrected chi connectivity index (χ4v) is 2.82. The van der Waals surface area contributed by atoms with Crippen LogP contribution in [0.2, 0.25) is 0 Å². The highest BCUT2D eigenvalue weighted by Gasteiger charge is 2.24. The summed E-state index contributed by atoms with van der Waals surface area (Å²) in [6.07, 6.45) is 2.02. The molecule has 1 atom stereocenters. The minimum absolute atomic E-state index is 0.0256. The van der Waals surface area contributed by atoms with Gasteiger partial charge in [0.2, 0.25) is 0 Å². The third kappa shape index (κ3) is 5.15. The summed E-state index contributed by atoms with van der Waals surface area (Å²) in [5.41, 5.74) is 2.55. The first-order valence-corrected chi connectivity index (χ1v) is 8.71. The van der Waals surface area contributed by atoms with Crippen LogP contribution >= 0.6 is 0 Å². The van der Waals surface area contributed by atoms with Crippen LogP contribution in [0.1, 0.15) is 38.4 Å². The quantitative estimate of drug-likeness (QED) is 0.817. The van der Waals surface area contributed by atoms with Crippen LogP contribution in [-0.4, -0.2) is 43.9 Å². The van der Waals surface area contributed by atoms with Crippen LogP contribution < -0.4 is 5.32 Å². The first kappa shape index (κ1) is 19.1. The predicted octanol–water partition coefficient (Wildman–Crippen LogP) is 1.94. The maximum Gasteiger partial charge on any atom is 0.343 e. The molecule has 2 bridgehead atoms. The summed E-state index contributed by atoms with van der Waals surface area (Å²) < 4.78 is 19.6. The highest BCUT2D eigenvalue weighted by Crippen LogP contribution is 2.14. The van der Waals surface area contributed by atoms with E-state index in [1.54, 1.807) is 0 Å². The Bertz CT molecular complexity index is 763. The zero-order chi connectivity index (χ0) is 19.1. The number of hydrogen-bond donors (Lipinski definition) is 1. The Morgan fingerprint density at radius 3 is 2.67 bits per heavy atom. The number of benzene rings is 1. The minimum Gasteiger partial charge on any atom is -0.465 e. The summed E-state index contributed by atoms with van der Waals surface area (Å²) >= 11 is 0. The van der Waals surface area contributed by atoms with Crippen molar-refractivity contribution in [1.29, 1.82) is 0 Å². The van der Waals surface area contributed by atoms with E-state index < -0.39 is 11.9 Å². The molecule has 1 unspecified atom stereocenters. The molecule has 1 N–H and O–H groups in total. The van der Waals surface area contributed by atoms with E-state index >= 15 is 0 Å². The van der Waals surface area contributed by atoms with Gasteiger partial charge in [-0.1, -0.05) is 29.4 Å². The summed E-state index contributed by atoms with van der Waals surface area (Å²) in [5, 5.41) is 6.21. The van der Waals surface area contributed by atoms with Gasteiger partial charge in [-0.2, -0.15) is 0 Å². The van der Waals surface area contributed by atoms with Crippen LogP contribution in [-0.2, 0) is 27.4 Å². The second-order valence-electron chi connectivity index (χ2n) is 6.32. The van der Waals surface area contributed by atoms with Gasteiger partial charge in [-0.3, -0.25) is 4.79 Å². The zero-order valence-corrected chi connectivity index (χ0v) is 15.1. The number of fused-ring (bicyclic) bond motifs is 2. The smallest absolute Gasteiger partial charge is 0.343 e. The molecule has 1 amide bonds. The molecule has 3 heterocycles. The van der Waals surface area contributed by atoms with E-state index in [0.717, 1.165) is 32.5 Å². The lowest BCUT2D eigenvalue weighted by molar-refractivity contribution is 0.0595. The van der Waals surface area contributed by atoms with Crippen molar-refractivity contribution >= 4 is 11.9 Å². The first-order valence-electron chi connectivity index (χ1n) is 8.71. The molecule has 4 rings (SSSR count). The van der Waals surface area contributed by atoms with Crippen molar-refractivity contribution in [3.63, 3.8) is 0 Å². The summed E-state index contributed by atoms with van der Waals surface area (Å²) in [6.45, 7) is 3.43. The van der Waals surface area contributed by atoms with E-state index in [-0.39, 0.29) is 11.3 Å². The maximum atomic E-state index is 11.8. The van der Waals surface area contributed by atoms with Crippen molar-refractivity contribution in [3.8, 4) is 0 Å². The van der Waals surface area contributed by atoms with Crippen LogP contribution in [0.4, 0.5) is 0 Å². The van der Waals surface area contributed by atoms with Crippen molar-refractivity contribution in [2.45, 2.75) is 19.6 Å². The standard InChI is InChI=1S/C11H14N2O5.C8H8O/c1-16-11(15)8-6-18-13-9(8)10(14)12-4-7-2-3-17-5-7;1-2-7-4-8(3-1)6-9-5-7/h6-7H,2-5H2,1H3,(H,12,14);1-4H,5-6H2. The lowest BCUT2D eigenvalue weighted by Crippen LogP contribution is -2.30. The van der Waals surface area contributed by atoms with E-state index in [0.29, 0.717) is 19.1 Å². The molecule has 1 fully saturated rings. The molecule has 1 aromatic heterocycles. The number of carbonyl (C=O) groups is 2. The Labute approximate surface area is 156 Å². The normalized spacial score (nSPS) is 17.6. The van der Waals surface area contributed by atoms with Crippen molar-refractivity contribution in [2.75, 3.05) is 26.9 Å². The molecule has 1 saturated heterocycles. The Hall–Kier alpha value is -2.71. The van der Waals surface area contributed by atoms with Crippen molar-refractivity contribution in [2.24, 2.45) is 5.92 Å². The van der Waals surface area contributed by atoms with Crippen molar-refractivity contribution in [1.82, 2.24) is 10.5 Å². The van der Waals surface area contributed by atoms with Gasteiger partial charge in [0.1, 0.15) is 11.8 Å². The molecular weight excluding hydrogens is 352 g/mol. The van der Waals surface area contributed by atoms with Gasteiger partial charge in [0.15, 0.2) is 5.69 Å². The second-order valence-corrected chi connectivity index (χ2v) is 6.32. The molecule has 8 heteroatoms. The zero-order valence-electron chi connectivity index (χ0n) is 15.1. The van der Waals surface area contributed by atoms with Crippen LogP contribution in [0.15, 0.2) is 35.1 Å². The van der Waals surface area contributed by atoms with E-state index in [9.17, 15) is 9.59 Å². The number of rotatable bonds is 4. The highest BCUT2D eigenvalue weighted by atomic mass is 16.5. The molecule has 0 spiro atoms. The highest BCUT2D eigenvalue weighted by molar-refractivity contribution is 6.03. The van der Waals surface area contributed by atoms with Gasteiger partial charge in [-0.25, -0.2) is 4.79 Å². The van der Waals surface area contributed by atoms with Gasteiger partial charge in [0.25, 0.3) is 5.91 Å². The fraction of sp³-hybridized carbons (Fsp3) is 0.421. The van der Waals surface area contributed by atoms with Crippen LogP contribution in [0.25, 0.3) is 0 Å². The molecule has 0 saturated carbocycles. The van der Waals surface area contributed by atoms with E-state index in [4.69, 9.17) is 9.47 Å². The molecule has 2 aliphatic heterocycles. The lowest BCUT2D eigenvalue weighted by atomic mass is 10.1. The molecular formula is C19H22N2O6. The van der Waals surface area contributed by atoms with Crippen molar-refractivity contribution < 1.29 is 28.3 Å². The van der Waals surface area contributed by atoms with Crippen LogP contribution in [0.5, 0.6) is 0 Å². The number of aromatic nitrogens is 1. The lowest BCUT2D eigenvalue weighted by Gasteiger charge is -2.11. The summed E-state index contributed by atoms with van der Waals surface area (Å²) in [5.74, 6) is -0.788. The maximum absolute atomic E-state index is 11.8. The van der Waals surface area contributed by atoms with Gasteiger partial charge in [-0.15, -0.1) is 0 Å². The molecule has 0 aliphatic carbocycles. The van der Waals surface area contributed by atoms with Gasteiger partial charge in [0, 0.05) is 19.1 Å². The monoisotopic (exact) mass is 374 g/mol. The van der Waals surface area contributed by atoms with Gasteiger partial charge >= 0.3 is 5.97 Å². The van der Waals surface area contributed by atoms with E-state index in [1.165, 1.54) is 18.2 Å². The largest absolute Gasteiger partial charge is 0.465 e. The molecule has 0 radical (unpaired) electrons. The third-order valence-electron chi connectivity index (χ3n) is 4.29. The molecule has 27 heavy (non-hydrogen) atoms. The number of nitrogens with zero attached hydrogens (tertiary/aromatic N) is 1. The van der Waals surface area contributed by atoms with Gasteiger partial charge in [0.05, 0.1) is 26.9 Å². The summed E-state index contributed by atoms with van der Waals surface area (Å²) in [6, 6.07) is 8.43. The Balaban J connectivity index is 0.000000193. The Morgan fingerprint density at radius 1 is 1.26 bits per heavy atom. The number of nitrogens with one attached hydrogen (secondary N) is 1. The van der Waals surface area contributed by atoms with Crippen LogP contribution in [0, 0.1) is 5.92 Å². The molecule has 2 aromatic rings. The number of esters is 1. The van der Waals surface area contributed by atoms with Crippen LogP contribution in [0.3, 0.4) is 0 Å². The van der Waals surface area contributed by atoms with Gasteiger partial charge in [-0.05, 0) is 17.5 Å². The number of carbonyl (C=O) groups excluding carboxylic acids is 2. The van der Waals surface area contributed by atoms with E-state index in [2.05, 4.69) is 44.0 Å². The summed E-state index contributed by atoms with van der Waals surface area (Å²) in [7, 11) is 1.23. The van der Waals surface area contributed by atoms with E-state index in [1.807, 2.05) is 0 Å².